The van der Waals surface area contributed by atoms with Crippen molar-refractivity contribution in [1.29, 1.82) is 0 Å². The third kappa shape index (κ3) is 2.69. The monoisotopic (exact) mass is 240 g/mol. The molecular weight excluding hydrogens is 224 g/mol. The maximum absolute atomic E-state index is 12.0. The lowest BCUT2D eigenvalue weighted by Gasteiger charge is -2.07. The summed E-state index contributed by atoms with van der Waals surface area (Å²) in [4.78, 5) is 12.0. The second-order valence-electron chi connectivity index (χ2n) is 4.39. The standard InChI is InChI=1S/C15H16N2O/c1-10-3-6-13(7-4-10)17-15(18)12-5-8-14(16)11(2)9-12/h3-9H,16H2,1-2H3,(H,17,18). The minimum absolute atomic E-state index is 0.123. The number of nitrogens with two attached hydrogens (primary N) is 1. The molecule has 3 heteroatoms. The Morgan fingerprint density at radius 2 is 1.72 bits per heavy atom. The van der Waals surface area contributed by atoms with Crippen LogP contribution in [0.4, 0.5) is 11.4 Å². The van der Waals surface area contributed by atoms with E-state index in [0.29, 0.717) is 11.3 Å². The van der Waals surface area contributed by atoms with Crippen LogP contribution in [0, 0.1) is 13.8 Å². The summed E-state index contributed by atoms with van der Waals surface area (Å²) in [5.41, 5.74) is 9.90. The average Bonchev–Trinajstić information content (AvgIpc) is 2.35. The van der Waals surface area contributed by atoms with Gasteiger partial charge < -0.3 is 11.1 Å². The molecule has 0 fully saturated rings. The molecule has 0 unspecified atom stereocenters. The highest BCUT2D eigenvalue weighted by Gasteiger charge is 2.07. The summed E-state index contributed by atoms with van der Waals surface area (Å²) in [5, 5.41) is 2.85. The van der Waals surface area contributed by atoms with Crippen molar-refractivity contribution in [2.75, 3.05) is 11.1 Å². The largest absolute Gasteiger partial charge is 0.399 e. The zero-order valence-corrected chi connectivity index (χ0v) is 10.5. The summed E-state index contributed by atoms with van der Waals surface area (Å²) >= 11 is 0. The van der Waals surface area contributed by atoms with Gasteiger partial charge in [0.15, 0.2) is 0 Å². The summed E-state index contributed by atoms with van der Waals surface area (Å²) in [7, 11) is 0. The van der Waals surface area contributed by atoms with Crippen LogP contribution in [0.15, 0.2) is 42.5 Å². The smallest absolute Gasteiger partial charge is 0.255 e. The van der Waals surface area contributed by atoms with Crippen LogP contribution in [-0.4, -0.2) is 5.91 Å². The number of carbonyl (C=O) groups is 1. The molecule has 2 aromatic rings. The molecule has 1 amide bonds. The zero-order chi connectivity index (χ0) is 13.1. The van der Waals surface area contributed by atoms with E-state index in [1.54, 1.807) is 18.2 Å². The fraction of sp³-hybridized carbons (Fsp3) is 0.133. The molecule has 2 rings (SSSR count). The van der Waals surface area contributed by atoms with E-state index in [2.05, 4.69) is 5.32 Å². The molecule has 0 atom stereocenters. The van der Waals surface area contributed by atoms with Crippen molar-refractivity contribution in [2.24, 2.45) is 0 Å². The predicted octanol–water partition coefficient (Wildman–Crippen LogP) is 3.14. The Morgan fingerprint density at radius 1 is 1.06 bits per heavy atom. The minimum Gasteiger partial charge on any atom is -0.399 e. The lowest BCUT2D eigenvalue weighted by atomic mass is 10.1. The Kier molecular flexibility index (Phi) is 3.33. The van der Waals surface area contributed by atoms with Gasteiger partial charge in [0.05, 0.1) is 0 Å². The Balaban J connectivity index is 2.16. The summed E-state index contributed by atoms with van der Waals surface area (Å²) < 4.78 is 0. The molecule has 0 bridgehead atoms. The van der Waals surface area contributed by atoms with Crippen molar-refractivity contribution in [2.45, 2.75) is 13.8 Å². The molecule has 0 aliphatic heterocycles. The van der Waals surface area contributed by atoms with Crippen LogP contribution in [0.3, 0.4) is 0 Å². The summed E-state index contributed by atoms with van der Waals surface area (Å²) in [6.07, 6.45) is 0. The molecule has 0 aliphatic rings. The Hall–Kier alpha value is -2.29. The van der Waals surface area contributed by atoms with Gasteiger partial charge in [0.1, 0.15) is 0 Å². The number of nitrogens with one attached hydrogen (secondary N) is 1. The van der Waals surface area contributed by atoms with Crippen LogP contribution in [0.2, 0.25) is 0 Å². The van der Waals surface area contributed by atoms with Crippen molar-refractivity contribution in [3.8, 4) is 0 Å². The molecule has 0 saturated carbocycles. The van der Waals surface area contributed by atoms with E-state index in [0.717, 1.165) is 16.8 Å². The summed E-state index contributed by atoms with van der Waals surface area (Å²) in [6, 6.07) is 13.0. The van der Waals surface area contributed by atoms with E-state index < -0.39 is 0 Å². The van der Waals surface area contributed by atoms with Gasteiger partial charge in [-0.15, -0.1) is 0 Å². The molecule has 0 saturated heterocycles. The van der Waals surface area contributed by atoms with E-state index in [4.69, 9.17) is 5.73 Å². The first-order chi connectivity index (χ1) is 8.56. The minimum atomic E-state index is -0.123. The highest BCUT2D eigenvalue weighted by Crippen LogP contribution is 2.15. The van der Waals surface area contributed by atoms with Crippen LogP contribution in [0.5, 0.6) is 0 Å². The van der Waals surface area contributed by atoms with Gasteiger partial charge in [-0.3, -0.25) is 4.79 Å². The van der Waals surface area contributed by atoms with E-state index in [1.165, 1.54) is 0 Å². The van der Waals surface area contributed by atoms with E-state index in [1.807, 2.05) is 38.1 Å². The van der Waals surface area contributed by atoms with Crippen molar-refractivity contribution in [1.82, 2.24) is 0 Å². The summed E-state index contributed by atoms with van der Waals surface area (Å²) in [5.74, 6) is -0.123. The Labute approximate surface area is 107 Å². The highest BCUT2D eigenvalue weighted by molar-refractivity contribution is 6.04. The van der Waals surface area contributed by atoms with E-state index >= 15 is 0 Å². The third-order valence-electron chi connectivity index (χ3n) is 2.84. The van der Waals surface area contributed by atoms with Crippen molar-refractivity contribution in [3.63, 3.8) is 0 Å². The molecule has 3 nitrogen and oxygen atoms in total. The van der Waals surface area contributed by atoms with Gasteiger partial charge in [0, 0.05) is 16.9 Å². The second kappa shape index (κ2) is 4.92. The van der Waals surface area contributed by atoms with Crippen molar-refractivity contribution >= 4 is 17.3 Å². The highest BCUT2D eigenvalue weighted by atomic mass is 16.1. The molecule has 0 spiro atoms. The molecule has 2 aromatic carbocycles. The first-order valence-electron chi connectivity index (χ1n) is 5.80. The fourth-order valence-corrected chi connectivity index (χ4v) is 1.66. The number of aryl methyl sites for hydroxylation is 2. The molecule has 0 aromatic heterocycles. The van der Waals surface area contributed by atoms with Gasteiger partial charge >= 0.3 is 0 Å². The number of anilines is 2. The quantitative estimate of drug-likeness (QED) is 0.792. The van der Waals surface area contributed by atoms with Crippen molar-refractivity contribution in [3.05, 3.63) is 59.2 Å². The number of benzene rings is 2. The number of hydrogen-bond acceptors (Lipinski definition) is 2. The Bertz CT molecular complexity index is 574. The summed E-state index contributed by atoms with van der Waals surface area (Å²) in [6.45, 7) is 3.90. The van der Waals surface area contributed by atoms with Gasteiger partial charge in [-0.2, -0.15) is 0 Å². The number of hydrogen-bond donors (Lipinski definition) is 2. The first kappa shape index (κ1) is 12.2. The zero-order valence-electron chi connectivity index (χ0n) is 10.5. The van der Waals surface area contributed by atoms with Gasteiger partial charge in [-0.05, 0) is 49.7 Å². The van der Waals surface area contributed by atoms with Crippen LogP contribution in [-0.2, 0) is 0 Å². The molecule has 3 N–H and O–H groups in total. The lowest BCUT2D eigenvalue weighted by Crippen LogP contribution is -2.12. The second-order valence-corrected chi connectivity index (χ2v) is 4.39. The van der Waals surface area contributed by atoms with Gasteiger partial charge in [0.25, 0.3) is 5.91 Å². The number of nitrogen functional groups attached to an aromatic ring is 1. The molecule has 92 valence electrons. The van der Waals surface area contributed by atoms with Crippen LogP contribution in [0.1, 0.15) is 21.5 Å². The molecule has 0 radical (unpaired) electrons. The van der Waals surface area contributed by atoms with Crippen LogP contribution in [0.25, 0.3) is 0 Å². The lowest BCUT2D eigenvalue weighted by molar-refractivity contribution is 0.102. The SMILES string of the molecule is Cc1ccc(NC(=O)c2ccc(N)c(C)c2)cc1. The van der Waals surface area contributed by atoms with E-state index in [9.17, 15) is 4.79 Å². The maximum Gasteiger partial charge on any atom is 0.255 e. The first-order valence-corrected chi connectivity index (χ1v) is 5.80. The van der Waals surface area contributed by atoms with Gasteiger partial charge in [-0.1, -0.05) is 17.7 Å². The Morgan fingerprint density at radius 3 is 2.33 bits per heavy atom. The fourth-order valence-electron chi connectivity index (χ4n) is 1.66. The molecule has 18 heavy (non-hydrogen) atoms. The molecule has 0 heterocycles. The number of amides is 1. The molecular formula is C15H16N2O. The van der Waals surface area contributed by atoms with Gasteiger partial charge in [-0.25, -0.2) is 0 Å². The number of rotatable bonds is 2. The van der Waals surface area contributed by atoms with Crippen LogP contribution < -0.4 is 11.1 Å². The van der Waals surface area contributed by atoms with Crippen molar-refractivity contribution < 1.29 is 4.79 Å². The van der Waals surface area contributed by atoms with E-state index in [-0.39, 0.29) is 5.91 Å². The normalized spacial score (nSPS) is 10.1. The van der Waals surface area contributed by atoms with Crippen LogP contribution >= 0.6 is 0 Å². The third-order valence-corrected chi connectivity index (χ3v) is 2.84. The topological polar surface area (TPSA) is 55.1 Å². The van der Waals surface area contributed by atoms with Gasteiger partial charge in [0.2, 0.25) is 0 Å². The number of carbonyl (C=O) groups excluding carboxylic acids is 1. The average molecular weight is 240 g/mol. The predicted molar refractivity (Wildman–Crippen MR) is 74.7 cm³/mol. The molecule has 0 aliphatic carbocycles. The maximum atomic E-state index is 12.0.